The third-order valence-electron chi connectivity index (χ3n) is 3.63. The van der Waals surface area contributed by atoms with Crippen LogP contribution in [-0.2, 0) is 4.79 Å². The summed E-state index contributed by atoms with van der Waals surface area (Å²) < 4.78 is 0. The predicted octanol–water partition coefficient (Wildman–Crippen LogP) is 2.99. The molecule has 1 fully saturated rings. The maximum absolute atomic E-state index is 12.0. The number of hydrogen-bond acceptors (Lipinski definition) is 2. The first-order chi connectivity index (χ1) is 7.81. The summed E-state index contributed by atoms with van der Waals surface area (Å²) in [4.78, 5) is 12.0. The standard InChI is InChI=1S/C14H19NO2/c1-8-6-12(16)9(2)5-11(8)15-13(17)10-7-14(10,3)4/h5-6,10,16H,7H2,1-4H3,(H,15,17). The Balaban J connectivity index is 2.14. The third-order valence-corrected chi connectivity index (χ3v) is 3.63. The van der Waals surface area contributed by atoms with Crippen molar-refractivity contribution >= 4 is 11.6 Å². The number of carbonyl (C=O) groups excluding carboxylic acids is 1. The highest BCUT2D eigenvalue weighted by atomic mass is 16.3. The van der Waals surface area contributed by atoms with Gasteiger partial charge in [-0.2, -0.15) is 0 Å². The lowest BCUT2D eigenvalue weighted by Gasteiger charge is -2.11. The number of aryl methyl sites for hydroxylation is 2. The van der Waals surface area contributed by atoms with Crippen LogP contribution in [0, 0.1) is 25.2 Å². The monoisotopic (exact) mass is 233 g/mol. The summed E-state index contributed by atoms with van der Waals surface area (Å²) in [6, 6.07) is 3.50. The van der Waals surface area contributed by atoms with Gasteiger partial charge < -0.3 is 10.4 Å². The Bertz CT molecular complexity index is 477. The Hall–Kier alpha value is -1.51. The quantitative estimate of drug-likeness (QED) is 0.771. The van der Waals surface area contributed by atoms with Crippen molar-refractivity contribution in [1.82, 2.24) is 0 Å². The molecule has 3 heteroatoms. The number of phenolic OH excluding ortho intramolecular Hbond substituents is 1. The molecule has 3 nitrogen and oxygen atoms in total. The number of hydrogen-bond donors (Lipinski definition) is 2. The first-order valence-corrected chi connectivity index (χ1v) is 5.92. The van der Waals surface area contributed by atoms with Gasteiger partial charge in [0, 0.05) is 11.6 Å². The summed E-state index contributed by atoms with van der Waals surface area (Å²) in [7, 11) is 0. The Kier molecular flexibility index (Phi) is 2.64. The second-order valence-corrected chi connectivity index (χ2v) is 5.69. The number of aromatic hydroxyl groups is 1. The van der Waals surface area contributed by atoms with E-state index in [0.717, 1.165) is 23.2 Å². The van der Waals surface area contributed by atoms with Gasteiger partial charge in [0.2, 0.25) is 5.91 Å². The molecule has 0 spiro atoms. The molecule has 1 unspecified atom stereocenters. The van der Waals surface area contributed by atoms with Crippen LogP contribution in [0.2, 0.25) is 0 Å². The van der Waals surface area contributed by atoms with Crippen LogP contribution < -0.4 is 5.32 Å². The Morgan fingerprint density at radius 2 is 1.94 bits per heavy atom. The fourth-order valence-corrected chi connectivity index (χ4v) is 2.07. The first-order valence-electron chi connectivity index (χ1n) is 5.92. The maximum atomic E-state index is 12.0. The van der Waals surface area contributed by atoms with Crippen LogP contribution in [0.25, 0.3) is 0 Å². The molecule has 0 bridgehead atoms. The Labute approximate surface area is 102 Å². The number of phenols is 1. The predicted molar refractivity (Wildman–Crippen MR) is 68.1 cm³/mol. The normalized spacial score (nSPS) is 21.1. The van der Waals surface area contributed by atoms with Gasteiger partial charge >= 0.3 is 0 Å². The summed E-state index contributed by atoms with van der Waals surface area (Å²) in [5, 5.41) is 12.5. The van der Waals surface area contributed by atoms with Gasteiger partial charge in [0.25, 0.3) is 0 Å². The van der Waals surface area contributed by atoms with Gasteiger partial charge in [0.15, 0.2) is 0 Å². The van der Waals surface area contributed by atoms with Crippen molar-refractivity contribution in [1.29, 1.82) is 0 Å². The second-order valence-electron chi connectivity index (χ2n) is 5.69. The number of carbonyl (C=O) groups is 1. The molecule has 1 aliphatic rings. The van der Waals surface area contributed by atoms with E-state index in [-0.39, 0.29) is 23.0 Å². The number of nitrogens with one attached hydrogen (secondary N) is 1. The molecule has 0 radical (unpaired) electrons. The molecule has 1 atom stereocenters. The summed E-state index contributed by atoms with van der Waals surface area (Å²) in [6.45, 7) is 7.91. The van der Waals surface area contributed by atoms with Crippen LogP contribution in [0.3, 0.4) is 0 Å². The average Bonchev–Trinajstić information content (AvgIpc) is 2.84. The van der Waals surface area contributed by atoms with E-state index in [4.69, 9.17) is 0 Å². The van der Waals surface area contributed by atoms with Crippen molar-refractivity contribution in [3.05, 3.63) is 23.3 Å². The van der Waals surface area contributed by atoms with E-state index < -0.39 is 0 Å². The summed E-state index contributed by atoms with van der Waals surface area (Å²) >= 11 is 0. The largest absolute Gasteiger partial charge is 0.508 e. The molecule has 17 heavy (non-hydrogen) atoms. The lowest BCUT2D eigenvalue weighted by molar-refractivity contribution is -0.118. The summed E-state index contributed by atoms with van der Waals surface area (Å²) in [5.41, 5.74) is 2.61. The van der Waals surface area contributed by atoms with Crippen LogP contribution in [0.4, 0.5) is 5.69 Å². The van der Waals surface area contributed by atoms with Crippen molar-refractivity contribution in [2.75, 3.05) is 5.32 Å². The van der Waals surface area contributed by atoms with Crippen molar-refractivity contribution in [2.45, 2.75) is 34.1 Å². The van der Waals surface area contributed by atoms with E-state index in [2.05, 4.69) is 19.2 Å². The van der Waals surface area contributed by atoms with E-state index in [1.807, 2.05) is 19.9 Å². The molecule has 92 valence electrons. The molecule has 1 saturated carbocycles. The Morgan fingerprint density at radius 3 is 2.47 bits per heavy atom. The molecule has 0 aromatic heterocycles. The minimum Gasteiger partial charge on any atom is -0.508 e. The van der Waals surface area contributed by atoms with Crippen molar-refractivity contribution in [3.8, 4) is 5.75 Å². The molecule has 1 aromatic rings. The maximum Gasteiger partial charge on any atom is 0.228 e. The van der Waals surface area contributed by atoms with E-state index in [0.29, 0.717) is 0 Å². The molecule has 0 aliphatic heterocycles. The average molecular weight is 233 g/mol. The lowest BCUT2D eigenvalue weighted by atomic mass is 10.1. The zero-order valence-electron chi connectivity index (χ0n) is 10.8. The van der Waals surface area contributed by atoms with E-state index in [1.54, 1.807) is 6.07 Å². The lowest BCUT2D eigenvalue weighted by Crippen LogP contribution is -2.17. The number of amides is 1. The molecule has 1 aromatic carbocycles. The van der Waals surface area contributed by atoms with Crippen LogP contribution in [0.5, 0.6) is 5.75 Å². The SMILES string of the molecule is Cc1cc(NC(=O)C2CC2(C)C)c(C)cc1O. The van der Waals surface area contributed by atoms with Crippen LogP contribution in [-0.4, -0.2) is 11.0 Å². The highest BCUT2D eigenvalue weighted by Crippen LogP contribution is 2.52. The number of anilines is 1. The minimum absolute atomic E-state index is 0.0863. The Morgan fingerprint density at radius 1 is 1.35 bits per heavy atom. The molecular weight excluding hydrogens is 214 g/mol. The van der Waals surface area contributed by atoms with Crippen LogP contribution in [0.1, 0.15) is 31.4 Å². The van der Waals surface area contributed by atoms with Gasteiger partial charge in [-0.25, -0.2) is 0 Å². The molecule has 1 amide bonds. The topological polar surface area (TPSA) is 49.3 Å². The molecule has 0 heterocycles. The van der Waals surface area contributed by atoms with Gasteiger partial charge in [-0.05, 0) is 48.9 Å². The van der Waals surface area contributed by atoms with Crippen molar-refractivity contribution in [2.24, 2.45) is 11.3 Å². The van der Waals surface area contributed by atoms with Gasteiger partial charge in [-0.15, -0.1) is 0 Å². The van der Waals surface area contributed by atoms with Gasteiger partial charge in [-0.1, -0.05) is 13.8 Å². The zero-order chi connectivity index (χ0) is 12.8. The van der Waals surface area contributed by atoms with Crippen LogP contribution >= 0.6 is 0 Å². The van der Waals surface area contributed by atoms with Gasteiger partial charge in [0.1, 0.15) is 5.75 Å². The molecule has 2 N–H and O–H groups in total. The first kappa shape index (κ1) is 12.0. The van der Waals surface area contributed by atoms with E-state index in [1.165, 1.54) is 0 Å². The van der Waals surface area contributed by atoms with Crippen molar-refractivity contribution < 1.29 is 9.90 Å². The van der Waals surface area contributed by atoms with Crippen molar-refractivity contribution in [3.63, 3.8) is 0 Å². The van der Waals surface area contributed by atoms with E-state index in [9.17, 15) is 9.90 Å². The minimum atomic E-state index is 0.0863. The summed E-state index contributed by atoms with van der Waals surface area (Å²) in [5.74, 6) is 0.478. The van der Waals surface area contributed by atoms with E-state index >= 15 is 0 Å². The smallest absolute Gasteiger partial charge is 0.228 e. The van der Waals surface area contributed by atoms with Crippen LogP contribution in [0.15, 0.2) is 12.1 Å². The fourth-order valence-electron chi connectivity index (χ4n) is 2.07. The number of rotatable bonds is 2. The molecule has 0 saturated heterocycles. The summed E-state index contributed by atoms with van der Waals surface area (Å²) in [6.07, 6.45) is 0.953. The highest BCUT2D eigenvalue weighted by molar-refractivity contribution is 5.95. The molecule has 2 rings (SSSR count). The number of benzene rings is 1. The zero-order valence-corrected chi connectivity index (χ0v) is 10.8. The van der Waals surface area contributed by atoms with Gasteiger partial charge in [-0.3, -0.25) is 4.79 Å². The highest BCUT2D eigenvalue weighted by Gasteiger charge is 2.50. The third kappa shape index (κ3) is 2.28. The molecule has 1 aliphatic carbocycles. The second kappa shape index (κ2) is 3.76. The molecular formula is C14H19NO2. The van der Waals surface area contributed by atoms with Gasteiger partial charge in [0.05, 0.1) is 0 Å². The fraction of sp³-hybridized carbons (Fsp3) is 0.500.